The van der Waals surface area contributed by atoms with Gasteiger partial charge in [-0.25, -0.2) is 9.69 Å². The van der Waals surface area contributed by atoms with E-state index >= 15 is 0 Å². The summed E-state index contributed by atoms with van der Waals surface area (Å²) in [6.07, 6.45) is 0.472. The first-order valence-electron chi connectivity index (χ1n) is 11.6. The van der Waals surface area contributed by atoms with Crippen LogP contribution in [0.25, 0.3) is 10.9 Å². The van der Waals surface area contributed by atoms with Crippen molar-refractivity contribution in [3.8, 4) is 5.75 Å². The van der Waals surface area contributed by atoms with Crippen LogP contribution in [0, 0.1) is 6.92 Å². The third-order valence-electron chi connectivity index (χ3n) is 6.81. The number of carbonyl (C=O) groups excluding carboxylic acids is 2. The molecule has 34 heavy (non-hydrogen) atoms. The number of H-pyrrole nitrogens is 1. The Morgan fingerprint density at radius 1 is 1.00 bits per heavy atom. The summed E-state index contributed by atoms with van der Waals surface area (Å²) in [7, 11) is 0. The lowest BCUT2D eigenvalue weighted by molar-refractivity contribution is -0.120. The molecule has 0 spiro atoms. The molecule has 170 valence electrons. The van der Waals surface area contributed by atoms with Crippen molar-refractivity contribution in [1.29, 1.82) is 0 Å². The van der Waals surface area contributed by atoms with Crippen LogP contribution >= 0.6 is 0 Å². The van der Waals surface area contributed by atoms with Crippen LogP contribution in [-0.4, -0.2) is 34.5 Å². The summed E-state index contributed by atoms with van der Waals surface area (Å²) in [6, 6.07) is 22.2. The Bertz CT molecular complexity index is 1440. The first-order chi connectivity index (χ1) is 16.6. The number of urea groups is 1. The van der Waals surface area contributed by atoms with Crippen LogP contribution in [0.1, 0.15) is 35.3 Å². The van der Waals surface area contributed by atoms with Crippen LogP contribution in [0.2, 0.25) is 0 Å². The molecule has 6 heteroatoms. The van der Waals surface area contributed by atoms with Gasteiger partial charge in [0.1, 0.15) is 17.8 Å². The number of rotatable bonds is 4. The molecule has 1 unspecified atom stereocenters. The van der Waals surface area contributed by atoms with Crippen molar-refractivity contribution >= 4 is 28.5 Å². The number of imide groups is 1. The molecule has 2 atom stereocenters. The fourth-order valence-electron chi connectivity index (χ4n) is 5.40. The number of aryl methyl sites for hydroxylation is 1. The summed E-state index contributed by atoms with van der Waals surface area (Å²) >= 11 is 0. The molecule has 6 nitrogen and oxygen atoms in total. The van der Waals surface area contributed by atoms with Crippen molar-refractivity contribution in [2.75, 3.05) is 11.5 Å². The molecule has 6 rings (SSSR count). The van der Waals surface area contributed by atoms with Crippen molar-refractivity contribution in [1.82, 2.24) is 9.88 Å². The number of ether oxygens (including phenoxy) is 1. The molecule has 1 fully saturated rings. The van der Waals surface area contributed by atoms with Crippen molar-refractivity contribution in [2.24, 2.45) is 0 Å². The van der Waals surface area contributed by atoms with Gasteiger partial charge in [0.25, 0.3) is 5.91 Å². The molecule has 3 heterocycles. The number of para-hydroxylation sites is 3. The number of carbonyl (C=O) groups is 2. The van der Waals surface area contributed by atoms with Gasteiger partial charge in [0.15, 0.2) is 0 Å². The second-order valence-corrected chi connectivity index (χ2v) is 8.86. The van der Waals surface area contributed by atoms with Crippen LogP contribution in [0.15, 0.2) is 72.8 Å². The van der Waals surface area contributed by atoms with Crippen molar-refractivity contribution in [3.05, 3.63) is 95.2 Å². The van der Waals surface area contributed by atoms with E-state index in [-0.39, 0.29) is 18.0 Å². The molecule has 1 aromatic heterocycles. The van der Waals surface area contributed by atoms with Crippen LogP contribution in [0.3, 0.4) is 0 Å². The van der Waals surface area contributed by atoms with Gasteiger partial charge < -0.3 is 9.72 Å². The average molecular weight is 452 g/mol. The minimum Gasteiger partial charge on any atom is -0.492 e. The van der Waals surface area contributed by atoms with Crippen molar-refractivity contribution in [2.45, 2.75) is 32.4 Å². The maximum atomic E-state index is 14.0. The number of nitrogens with zero attached hydrogens (tertiary/aromatic N) is 2. The number of aromatic amines is 1. The molecule has 0 saturated carbocycles. The molecule has 3 amide bonds. The number of amides is 3. The smallest absolute Gasteiger partial charge is 0.333 e. The molecule has 2 aliphatic rings. The predicted octanol–water partition coefficient (Wildman–Crippen LogP) is 5.36. The van der Waals surface area contributed by atoms with Gasteiger partial charge >= 0.3 is 6.03 Å². The average Bonchev–Trinajstić information content (AvgIpc) is 3.33. The zero-order valence-electron chi connectivity index (χ0n) is 19.1. The van der Waals surface area contributed by atoms with E-state index in [0.29, 0.717) is 24.5 Å². The number of hydrogen-bond donors (Lipinski definition) is 1. The Kier molecular flexibility index (Phi) is 4.69. The van der Waals surface area contributed by atoms with Gasteiger partial charge in [-0.1, -0.05) is 60.2 Å². The lowest BCUT2D eigenvalue weighted by Crippen LogP contribution is -2.44. The molecule has 3 aromatic carbocycles. The molecule has 0 aliphatic carbocycles. The van der Waals surface area contributed by atoms with Crippen LogP contribution < -0.4 is 9.64 Å². The van der Waals surface area contributed by atoms with E-state index in [1.165, 1.54) is 4.90 Å². The zero-order valence-corrected chi connectivity index (χ0v) is 19.1. The van der Waals surface area contributed by atoms with Gasteiger partial charge in [-0.15, -0.1) is 0 Å². The Balaban J connectivity index is 1.54. The second-order valence-electron chi connectivity index (χ2n) is 8.86. The lowest BCUT2D eigenvalue weighted by Gasteiger charge is -2.36. The number of aromatic nitrogens is 1. The van der Waals surface area contributed by atoms with Gasteiger partial charge in [0.05, 0.1) is 12.3 Å². The lowest BCUT2D eigenvalue weighted by atomic mass is 9.88. The van der Waals surface area contributed by atoms with Gasteiger partial charge in [0, 0.05) is 23.0 Å². The van der Waals surface area contributed by atoms with Gasteiger partial charge in [-0.3, -0.25) is 9.69 Å². The van der Waals surface area contributed by atoms with E-state index in [9.17, 15) is 9.59 Å². The highest BCUT2D eigenvalue weighted by molar-refractivity contribution is 6.22. The fraction of sp³-hybridized carbons (Fsp3) is 0.214. The monoisotopic (exact) mass is 451 g/mol. The number of nitrogens with one attached hydrogen (secondary N) is 1. The number of benzene rings is 3. The zero-order chi connectivity index (χ0) is 23.4. The van der Waals surface area contributed by atoms with E-state index in [0.717, 1.165) is 33.3 Å². The Morgan fingerprint density at radius 3 is 2.62 bits per heavy atom. The summed E-state index contributed by atoms with van der Waals surface area (Å²) in [5.41, 5.74) is 5.68. The third-order valence-corrected chi connectivity index (χ3v) is 6.81. The Hall–Kier alpha value is -4.06. The fourth-order valence-corrected chi connectivity index (χ4v) is 5.40. The molecule has 1 saturated heterocycles. The topological polar surface area (TPSA) is 65.6 Å². The summed E-state index contributed by atoms with van der Waals surface area (Å²) in [5, 5.41) is 1.10. The van der Waals surface area contributed by atoms with Crippen LogP contribution in [-0.2, 0) is 11.2 Å². The highest BCUT2D eigenvalue weighted by Gasteiger charge is 2.53. The standard InChI is InChI=1S/C28H25N3O3/c1-3-34-24-14-7-6-13-22(24)31-27(32)23-16-20-19-11-4-5-12-21(19)29-25(20)26(30(23)28(31)33)18-10-8-9-17(2)15-18/h4-15,23,26,29H,3,16H2,1-2H3/t23-,26?/m0/s1. The molecular weight excluding hydrogens is 426 g/mol. The summed E-state index contributed by atoms with van der Waals surface area (Å²) < 4.78 is 5.76. The van der Waals surface area contributed by atoms with E-state index < -0.39 is 6.04 Å². The second kappa shape index (κ2) is 7.76. The van der Waals surface area contributed by atoms with Gasteiger partial charge in [0.2, 0.25) is 0 Å². The van der Waals surface area contributed by atoms with Gasteiger partial charge in [-0.2, -0.15) is 0 Å². The summed E-state index contributed by atoms with van der Waals surface area (Å²) in [5.74, 6) is 0.313. The van der Waals surface area contributed by atoms with E-state index in [2.05, 4.69) is 17.1 Å². The molecule has 0 radical (unpaired) electrons. The maximum absolute atomic E-state index is 14.0. The van der Waals surface area contributed by atoms with Gasteiger partial charge in [-0.05, 0) is 43.2 Å². The Labute approximate surface area is 197 Å². The van der Waals surface area contributed by atoms with E-state index in [4.69, 9.17) is 4.74 Å². The molecule has 1 N–H and O–H groups in total. The highest BCUT2D eigenvalue weighted by Crippen LogP contribution is 2.46. The quantitative estimate of drug-likeness (QED) is 0.425. The number of hydrogen-bond acceptors (Lipinski definition) is 3. The highest BCUT2D eigenvalue weighted by atomic mass is 16.5. The van der Waals surface area contributed by atoms with Crippen LogP contribution in [0.5, 0.6) is 5.75 Å². The number of anilines is 1. The minimum atomic E-state index is -0.584. The number of fused-ring (bicyclic) bond motifs is 4. The summed E-state index contributed by atoms with van der Waals surface area (Å²) in [6.45, 7) is 4.37. The summed E-state index contributed by atoms with van der Waals surface area (Å²) in [4.78, 5) is 34.4. The molecule has 2 aliphatic heterocycles. The SMILES string of the molecule is CCOc1ccccc1N1C(=O)[C@@H]2Cc3c([nH]c4ccccc34)C(c3cccc(C)c3)N2C1=O. The maximum Gasteiger partial charge on any atom is 0.333 e. The minimum absolute atomic E-state index is 0.217. The molecule has 0 bridgehead atoms. The van der Waals surface area contributed by atoms with Crippen LogP contribution in [0.4, 0.5) is 10.5 Å². The predicted molar refractivity (Wildman–Crippen MR) is 131 cm³/mol. The van der Waals surface area contributed by atoms with E-state index in [1.54, 1.807) is 17.0 Å². The third kappa shape index (κ3) is 2.95. The first-order valence-corrected chi connectivity index (χ1v) is 11.6. The molecule has 4 aromatic rings. The largest absolute Gasteiger partial charge is 0.492 e. The first kappa shape index (κ1) is 20.5. The molecular formula is C28H25N3O3. The Morgan fingerprint density at radius 2 is 1.79 bits per heavy atom. The van der Waals surface area contributed by atoms with Crippen molar-refractivity contribution in [3.63, 3.8) is 0 Å². The normalized spacial score (nSPS) is 19.5. The van der Waals surface area contributed by atoms with E-state index in [1.807, 2.05) is 62.4 Å². The van der Waals surface area contributed by atoms with Crippen molar-refractivity contribution < 1.29 is 14.3 Å².